The molecule has 0 aliphatic heterocycles. The number of rotatable bonds is 23. The molecule has 0 aromatic heterocycles. The number of allylic oxidation sites excluding steroid dienone is 8. The van der Waals surface area contributed by atoms with Crippen LogP contribution in [0.15, 0.2) is 59.8 Å². The number of carbonyl (C=O) groups excluding carboxylic acids is 1. The molecule has 1 unspecified atom stereocenters. The second kappa shape index (κ2) is 22.8. The van der Waals surface area contributed by atoms with Gasteiger partial charge in [-0.1, -0.05) is 125 Å². The molecule has 228 valence electrons. The average Bonchev–Trinajstić information content (AvgIpc) is 2.90. The normalized spacial score (nSPS) is 17.7. The molecule has 0 saturated heterocycles. The molecule has 2 heteroatoms. The zero-order chi connectivity index (χ0) is 29.5. The largest absolute Gasteiger partial charge is 0.461 e. The number of esters is 1. The van der Waals surface area contributed by atoms with Gasteiger partial charge in [0, 0.05) is 6.42 Å². The molecule has 2 nitrogen and oxygen atoms in total. The van der Waals surface area contributed by atoms with Crippen molar-refractivity contribution in [1.29, 1.82) is 0 Å². The number of hydrogen-bond acceptors (Lipinski definition) is 2. The summed E-state index contributed by atoms with van der Waals surface area (Å²) < 4.78 is 5.45. The van der Waals surface area contributed by atoms with Gasteiger partial charge in [0.1, 0.15) is 6.61 Å². The van der Waals surface area contributed by atoms with Gasteiger partial charge in [0.2, 0.25) is 0 Å². The van der Waals surface area contributed by atoms with Crippen LogP contribution in [0.4, 0.5) is 0 Å². The number of hydrogen-bond donors (Lipinski definition) is 0. The fourth-order valence-corrected chi connectivity index (χ4v) is 6.01. The summed E-state index contributed by atoms with van der Waals surface area (Å²) in [5, 5.41) is 0. The van der Waals surface area contributed by atoms with Crippen molar-refractivity contribution in [1.82, 2.24) is 0 Å². The molecule has 0 heterocycles. The number of ether oxygens (including phenoxy) is 1. The van der Waals surface area contributed by atoms with Crippen molar-refractivity contribution in [3.8, 4) is 0 Å². The van der Waals surface area contributed by atoms with E-state index in [1.165, 1.54) is 101 Å². The van der Waals surface area contributed by atoms with Crippen molar-refractivity contribution >= 4 is 5.97 Å². The van der Waals surface area contributed by atoms with E-state index in [0.29, 0.717) is 24.4 Å². The lowest BCUT2D eigenvalue weighted by Crippen LogP contribution is -2.27. The first-order chi connectivity index (χ1) is 19.3. The highest BCUT2D eigenvalue weighted by Gasteiger charge is 2.32. The number of unbranched alkanes of at least 4 members (excludes halogenated alkanes) is 11. The molecule has 1 aliphatic rings. The van der Waals surface area contributed by atoms with Gasteiger partial charge in [-0.05, 0) is 96.0 Å². The predicted octanol–water partition coefficient (Wildman–Crippen LogP) is 12.2. The summed E-state index contributed by atoms with van der Waals surface area (Å²) in [5.74, 6) is 0.668. The van der Waals surface area contributed by atoms with E-state index in [9.17, 15) is 4.79 Å². The Hall–Kier alpha value is -1.83. The molecular weight excluding hydrogens is 488 g/mol. The minimum absolute atomic E-state index is 0.0465. The minimum Gasteiger partial charge on any atom is -0.461 e. The van der Waals surface area contributed by atoms with Gasteiger partial charge < -0.3 is 4.74 Å². The molecule has 0 aromatic rings. The van der Waals surface area contributed by atoms with Gasteiger partial charge in [0.25, 0.3) is 0 Å². The van der Waals surface area contributed by atoms with Crippen LogP contribution in [0.2, 0.25) is 0 Å². The van der Waals surface area contributed by atoms with Gasteiger partial charge in [0.15, 0.2) is 0 Å². The maximum Gasteiger partial charge on any atom is 0.306 e. The second-order valence-electron chi connectivity index (χ2n) is 13.0. The van der Waals surface area contributed by atoms with E-state index < -0.39 is 0 Å². The Morgan fingerprint density at radius 3 is 2.10 bits per heavy atom. The highest BCUT2D eigenvalue weighted by molar-refractivity contribution is 5.69. The van der Waals surface area contributed by atoms with Crippen molar-refractivity contribution in [2.24, 2.45) is 11.3 Å². The van der Waals surface area contributed by atoms with Gasteiger partial charge in [-0.15, -0.1) is 0 Å². The van der Waals surface area contributed by atoms with Crippen LogP contribution in [0, 0.1) is 11.3 Å². The fraction of sp³-hybridized carbons (Fsp3) is 0.711. The fourth-order valence-electron chi connectivity index (χ4n) is 6.01. The third kappa shape index (κ3) is 18.5. The SMILES string of the molecule is C=C/C=C/CCCCCCCCCCCCCC(=O)OC/C=C(\C)CC/C=C(\C)CCC1C(C)=CCCC1(C)C. The average molecular weight is 553 g/mol. The van der Waals surface area contributed by atoms with Gasteiger partial charge in [-0.25, -0.2) is 0 Å². The van der Waals surface area contributed by atoms with E-state index in [1.54, 1.807) is 5.57 Å². The van der Waals surface area contributed by atoms with Gasteiger partial charge >= 0.3 is 5.97 Å². The van der Waals surface area contributed by atoms with Crippen LogP contribution in [0.5, 0.6) is 0 Å². The highest BCUT2D eigenvalue weighted by Crippen LogP contribution is 2.43. The van der Waals surface area contributed by atoms with Crippen molar-refractivity contribution in [3.05, 3.63) is 59.8 Å². The van der Waals surface area contributed by atoms with Crippen LogP contribution < -0.4 is 0 Å². The Balaban J connectivity index is 2.00. The smallest absolute Gasteiger partial charge is 0.306 e. The first-order valence-corrected chi connectivity index (χ1v) is 16.7. The summed E-state index contributed by atoms with van der Waals surface area (Å²) in [5.41, 5.74) is 4.84. The Kier molecular flexibility index (Phi) is 20.6. The van der Waals surface area contributed by atoms with Crippen molar-refractivity contribution in [2.75, 3.05) is 6.61 Å². The molecule has 0 radical (unpaired) electrons. The van der Waals surface area contributed by atoms with Crippen LogP contribution in [0.25, 0.3) is 0 Å². The lowest BCUT2D eigenvalue weighted by Gasteiger charge is -2.38. The van der Waals surface area contributed by atoms with E-state index in [0.717, 1.165) is 25.7 Å². The molecule has 0 bridgehead atoms. The monoisotopic (exact) mass is 552 g/mol. The van der Waals surface area contributed by atoms with Crippen LogP contribution in [0.1, 0.15) is 157 Å². The van der Waals surface area contributed by atoms with E-state index in [4.69, 9.17) is 4.74 Å². The third-order valence-electron chi connectivity index (χ3n) is 8.81. The Labute approximate surface area is 249 Å². The lowest BCUT2D eigenvalue weighted by molar-refractivity contribution is -0.142. The molecule has 0 saturated carbocycles. The van der Waals surface area contributed by atoms with Crippen molar-refractivity contribution in [2.45, 2.75) is 157 Å². The van der Waals surface area contributed by atoms with Crippen LogP contribution in [0.3, 0.4) is 0 Å². The summed E-state index contributed by atoms with van der Waals surface area (Å²) in [6, 6.07) is 0. The summed E-state index contributed by atoms with van der Waals surface area (Å²) in [6.45, 7) is 15.7. The summed E-state index contributed by atoms with van der Waals surface area (Å²) in [7, 11) is 0. The maximum atomic E-state index is 12.1. The first-order valence-electron chi connectivity index (χ1n) is 16.7. The Morgan fingerprint density at radius 2 is 1.48 bits per heavy atom. The molecule has 0 aromatic carbocycles. The first kappa shape index (κ1) is 36.2. The molecule has 1 atom stereocenters. The van der Waals surface area contributed by atoms with E-state index in [2.05, 4.69) is 65.5 Å². The maximum absolute atomic E-state index is 12.1. The molecular formula is C38H64O2. The van der Waals surface area contributed by atoms with E-state index in [1.807, 2.05) is 12.2 Å². The van der Waals surface area contributed by atoms with Gasteiger partial charge in [-0.3, -0.25) is 4.79 Å². The molecule has 0 amide bonds. The third-order valence-corrected chi connectivity index (χ3v) is 8.81. The predicted molar refractivity (Wildman–Crippen MR) is 177 cm³/mol. The van der Waals surface area contributed by atoms with Crippen LogP contribution >= 0.6 is 0 Å². The molecule has 0 spiro atoms. The molecule has 0 fully saturated rings. The Bertz CT molecular complexity index is 807. The zero-order valence-electron chi connectivity index (χ0n) is 27.2. The zero-order valence-corrected chi connectivity index (χ0v) is 27.2. The Morgan fingerprint density at radius 1 is 0.875 bits per heavy atom. The van der Waals surface area contributed by atoms with Crippen molar-refractivity contribution in [3.63, 3.8) is 0 Å². The van der Waals surface area contributed by atoms with Crippen molar-refractivity contribution < 1.29 is 9.53 Å². The van der Waals surface area contributed by atoms with E-state index >= 15 is 0 Å². The summed E-state index contributed by atoms with van der Waals surface area (Å²) >= 11 is 0. The highest BCUT2D eigenvalue weighted by atomic mass is 16.5. The summed E-state index contributed by atoms with van der Waals surface area (Å²) in [4.78, 5) is 12.1. The quantitative estimate of drug-likeness (QED) is 0.0545. The van der Waals surface area contributed by atoms with Crippen LogP contribution in [-0.2, 0) is 9.53 Å². The molecule has 1 aliphatic carbocycles. The standard InChI is InChI=1S/C38H64O2/c1-7-8-9-10-11-12-13-14-15-16-17-18-19-20-21-27-37(39)40-32-30-34(3)25-22-24-33(2)28-29-36-35(4)26-23-31-38(36,5)6/h7-9,24,26,30,36H,1,10-23,25,27-29,31-32H2,2-6H3/b9-8+,33-24+,34-30+. The van der Waals surface area contributed by atoms with Crippen LogP contribution in [-0.4, -0.2) is 12.6 Å². The second-order valence-corrected chi connectivity index (χ2v) is 13.0. The molecule has 0 N–H and O–H groups in total. The topological polar surface area (TPSA) is 26.3 Å². The number of carbonyl (C=O) groups is 1. The summed E-state index contributed by atoms with van der Waals surface area (Å²) in [6.07, 6.45) is 36.0. The molecule has 40 heavy (non-hydrogen) atoms. The van der Waals surface area contributed by atoms with Gasteiger partial charge in [-0.2, -0.15) is 0 Å². The minimum atomic E-state index is -0.0465. The van der Waals surface area contributed by atoms with Gasteiger partial charge in [0.05, 0.1) is 0 Å². The molecule has 1 rings (SSSR count). The lowest BCUT2D eigenvalue weighted by atomic mass is 9.67. The van der Waals surface area contributed by atoms with E-state index in [-0.39, 0.29) is 5.97 Å².